The van der Waals surface area contributed by atoms with Gasteiger partial charge in [0.2, 0.25) is 12.7 Å². The molecule has 1 aliphatic rings. The molecule has 0 aliphatic carbocycles. The molecule has 2 aromatic heterocycles. The van der Waals surface area contributed by atoms with Crippen LogP contribution >= 0.6 is 11.8 Å². The monoisotopic (exact) mass is 429 g/mol. The van der Waals surface area contributed by atoms with Crippen LogP contribution in [0.25, 0.3) is 11.5 Å². The van der Waals surface area contributed by atoms with Crippen LogP contribution in [0.3, 0.4) is 0 Å². The Balaban J connectivity index is 1.43. The van der Waals surface area contributed by atoms with E-state index in [0.717, 1.165) is 17.0 Å². The van der Waals surface area contributed by atoms with E-state index in [2.05, 4.69) is 21.7 Å². The second kappa shape index (κ2) is 8.53. The van der Waals surface area contributed by atoms with Crippen molar-refractivity contribution in [2.75, 3.05) is 26.3 Å². The predicted octanol–water partition coefficient (Wildman–Crippen LogP) is 4.07. The van der Waals surface area contributed by atoms with Crippen LogP contribution in [0.15, 0.2) is 33.9 Å². The highest BCUT2D eigenvalue weighted by atomic mass is 32.2. The normalized spacial score (nSPS) is 13.6. The van der Waals surface area contributed by atoms with E-state index in [0.29, 0.717) is 34.8 Å². The van der Waals surface area contributed by atoms with Gasteiger partial charge in [0.25, 0.3) is 5.22 Å². The van der Waals surface area contributed by atoms with Crippen LogP contribution in [0.4, 0.5) is 0 Å². The molecule has 1 atom stereocenters. The van der Waals surface area contributed by atoms with Crippen molar-refractivity contribution in [1.29, 1.82) is 0 Å². The number of aromatic nitrogens is 3. The minimum atomic E-state index is 0.0202. The number of ether oxygens (including phenoxy) is 3. The molecule has 4 rings (SSSR count). The summed E-state index contributed by atoms with van der Waals surface area (Å²) in [4.78, 5) is 12.8. The number of rotatable bonds is 8. The second-order valence-corrected chi connectivity index (χ2v) is 8.04. The summed E-state index contributed by atoms with van der Waals surface area (Å²) in [5, 5.41) is 8.47. The molecule has 8 nitrogen and oxygen atoms in total. The van der Waals surface area contributed by atoms with Crippen LogP contribution < -0.4 is 9.47 Å². The highest BCUT2D eigenvalue weighted by molar-refractivity contribution is 7.99. The third kappa shape index (κ3) is 3.95. The fourth-order valence-corrected chi connectivity index (χ4v) is 4.32. The maximum atomic E-state index is 12.8. The number of carbonyl (C=O) groups is 1. The Morgan fingerprint density at radius 1 is 1.23 bits per heavy atom. The fraction of sp³-hybridized carbons (Fsp3) is 0.381. The number of aryl methyl sites for hydroxylation is 1. The molecule has 0 saturated carbocycles. The minimum Gasteiger partial charge on any atom is -0.454 e. The summed E-state index contributed by atoms with van der Waals surface area (Å²) < 4.78 is 23.8. The number of Topliss-reactive ketones (excluding diaryl/α,β-unsaturated/α-hetero) is 1. The highest BCUT2D eigenvalue weighted by Gasteiger charge is 2.21. The molecule has 9 heteroatoms. The standard InChI is InChI=1S/C21H23N3O5S/c1-12-7-16(14(3)24(12)13(2)9-26-4)17(25)10-30-21-23-22-20(29-21)15-5-6-18-19(8-15)28-11-27-18/h5-8,13H,9-11H2,1-4H3/t13-/m1/s1. The van der Waals surface area contributed by atoms with E-state index in [1.165, 1.54) is 11.8 Å². The number of fused-ring (bicyclic) bond motifs is 1. The Hall–Kier alpha value is -2.78. The van der Waals surface area contributed by atoms with Gasteiger partial charge in [0.1, 0.15) is 0 Å². The molecule has 0 radical (unpaired) electrons. The molecular formula is C21H23N3O5S. The molecule has 0 N–H and O–H groups in total. The van der Waals surface area contributed by atoms with E-state index >= 15 is 0 Å². The second-order valence-electron chi connectivity index (χ2n) is 7.11. The van der Waals surface area contributed by atoms with E-state index in [1.54, 1.807) is 19.2 Å². The Morgan fingerprint density at radius 3 is 2.83 bits per heavy atom. The summed E-state index contributed by atoms with van der Waals surface area (Å²) in [5.41, 5.74) is 3.42. The number of ketones is 1. The molecule has 0 unspecified atom stereocenters. The third-order valence-corrected chi connectivity index (χ3v) is 5.80. The van der Waals surface area contributed by atoms with Crippen LogP contribution in [0.5, 0.6) is 11.5 Å². The molecule has 158 valence electrons. The van der Waals surface area contributed by atoms with Gasteiger partial charge < -0.3 is 23.2 Å². The highest BCUT2D eigenvalue weighted by Crippen LogP contribution is 2.36. The summed E-state index contributed by atoms with van der Waals surface area (Å²) >= 11 is 1.23. The SMILES string of the molecule is COC[C@@H](C)n1c(C)cc(C(=O)CSc2nnc(-c3ccc4c(c3)OCO4)o2)c1C. The number of carbonyl (C=O) groups excluding carboxylic acids is 1. The van der Waals surface area contributed by atoms with Gasteiger partial charge in [-0.05, 0) is 45.0 Å². The zero-order valence-electron chi connectivity index (χ0n) is 17.3. The van der Waals surface area contributed by atoms with Gasteiger partial charge in [-0.2, -0.15) is 0 Å². The lowest BCUT2D eigenvalue weighted by Gasteiger charge is -2.17. The van der Waals surface area contributed by atoms with Gasteiger partial charge in [-0.3, -0.25) is 4.79 Å². The van der Waals surface area contributed by atoms with Crippen molar-refractivity contribution in [3.63, 3.8) is 0 Å². The first-order valence-corrected chi connectivity index (χ1v) is 10.5. The smallest absolute Gasteiger partial charge is 0.277 e. The average molecular weight is 429 g/mol. The molecule has 0 fully saturated rings. The maximum absolute atomic E-state index is 12.8. The molecule has 0 saturated heterocycles. The number of methoxy groups -OCH3 is 1. The van der Waals surface area contributed by atoms with Gasteiger partial charge in [0.05, 0.1) is 18.4 Å². The Labute approximate surface area is 178 Å². The third-order valence-electron chi connectivity index (χ3n) is 4.99. The number of hydrogen-bond acceptors (Lipinski definition) is 8. The zero-order valence-corrected chi connectivity index (χ0v) is 18.1. The van der Waals surface area contributed by atoms with E-state index in [1.807, 2.05) is 26.0 Å². The van der Waals surface area contributed by atoms with E-state index in [9.17, 15) is 4.79 Å². The van der Waals surface area contributed by atoms with Gasteiger partial charge in [0.15, 0.2) is 17.3 Å². The molecule has 0 bridgehead atoms. The fourth-order valence-electron chi connectivity index (χ4n) is 3.67. The predicted molar refractivity (Wildman–Crippen MR) is 111 cm³/mol. The molecule has 3 aromatic rings. The first-order chi connectivity index (χ1) is 14.5. The Bertz CT molecular complexity index is 1070. The van der Waals surface area contributed by atoms with E-state index in [-0.39, 0.29) is 24.4 Å². The van der Waals surface area contributed by atoms with Crippen LogP contribution in [0.1, 0.15) is 34.7 Å². The summed E-state index contributed by atoms with van der Waals surface area (Å²) in [7, 11) is 1.68. The topological polar surface area (TPSA) is 88.6 Å². The van der Waals surface area contributed by atoms with Gasteiger partial charge >= 0.3 is 0 Å². The van der Waals surface area contributed by atoms with Crippen molar-refractivity contribution in [1.82, 2.24) is 14.8 Å². The largest absolute Gasteiger partial charge is 0.454 e. The molecule has 1 aromatic carbocycles. The van der Waals surface area contributed by atoms with Gasteiger partial charge in [0, 0.05) is 29.6 Å². The molecule has 3 heterocycles. The van der Waals surface area contributed by atoms with Gasteiger partial charge in [-0.25, -0.2) is 0 Å². The quantitative estimate of drug-likeness (QED) is 0.391. The summed E-state index contributed by atoms with van der Waals surface area (Å²) in [6.45, 7) is 6.82. The number of thioether (sulfide) groups is 1. The van der Waals surface area contributed by atoms with Crippen LogP contribution in [-0.4, -0.2) is 46.8 Å². The zero-order chi connectivity index (χ0) is 21.3. The molecular weight excluding hydrogens is 406 g/mol. The lowest BCUT2D eigenvalue weighted by Crippen LogP contribution is -2.14. The van der Waals surface area contributed by atoms with Crippen molar-refractivity contribution in [2.45, 2.75) is 32.0 Å². The summed E-state index contributed by atoms with van der Waals surface area (Å²) in [6.07, 6.45) is 0. The van der Waals surface area contributed by atoms with Crippen LogP contribution in [0, 0.1) is 13.8 Å². The minimum absolute atomic E-state index is 0.0202. The molecule has 0 spiro atoms. The summed E-state index contributed by atoms with van der Waals surface area (Å²) in [6, 6.07) is 7.51. The Kier molecular flexibility index (Phi) is 5.83. The van der Waals surface area contributed by atoms with Crippen molar-refractivity contribution < 1.29 is 23.4 Å². The molecule has 30 heavy (non-hydrogen) atoms. The molecule has 1 aliphatic heterocycles. The van der Waals surface area contributed by atoms with Crippen molar-refractivity contribution in [3.05, 3.63) is 41.2 Å². The van der Waals surface area contributed by atoms with E-state index in [4.69, 9.17) is 18.6 Å². The molecule has 0 amide bonds. The first-order valence-electron chi connectivity index (χ1n) is 9.54. The average Bonchev–Trinajstić information content (AvgIpc) is 3.44. The number of hydrogen-bond donors (Lipinski definition) is 0. The van der Waals surface area contributed by atoms with Gasteiger partial charge in [-0.1, -0.05) is 11.8 Å². The van der Waals surface area contributed by atoms with Gasteiger partial charge in [-0.15, -0.1) is 10.2 Å². The van der Waals surface area contributed by atoms with Crippen LogP contribution in [-0.2, 0) is 4.74 Å². The van der Waals surface area contributed by atoms with Crippen molar-refractivity contribution in [2.24, 2.45) is 0 Å². The Morgan fingerprint density at radius 2 is 2.03 bits per heavy atom. The number of benzene rings is 1. The summed E-state index contributed by atoms with van der Waals surface area (Å²) in [5.74, 6) is 1.94. The maximum Gasteiger partial charge on any atom is 0.277 e. The lowest BCUT2D eigenvalue weighted by atomic mass is 10.2. The van der Waals surface area contributed by atoms with Crippen LogP contribution in [0.2, 0.25) is 0 Å². The van der Waals surface area contributed by atoms with E-state index < -0.39 is 0 Å². The van der Waals surface area contributed by atoms with Crippen molar-refractivity contribution in [3.8, 4) is 23.0 Å². The van der Waals surface area contributed by atoms with Crippen molar-refractivity contribution >= 4 is 17.5 Å². The number of nitrogens with zero attached hydrogens (tertiary/aromatic N) is 3. The lowest BCUT2D eigenvalue weighted by molar-refractivity contribution is 0.102. The first kappa shape index (κ1) is 20.5.